The summed E-state index contributed by atoms with van der Waals surface area (Å²) in [4.78, 5) is 37.7. The highest BCUT2D eigenvalue weighted by Gasteiger charge is 2.25. The van der Waals surface area contributed by atoms with Gasteiger partial charge in [-0.15, -0.1) is 0 Å². The van der Waals surface area contributed by atoms with Gasteiger partial charge in [-0.1, -0.05) is 378 Å². The molecule has 0 bridgehead atoms. The second-order valence-corrected chi connectivity index (χ2v) is 28.4. The number of allylic oxidation sites excluding steroid dienone is 4. The summed E-state index contributed by atoms with van der Waals surface area (Å²) in [5, 5.41) is 9.77. The van der Waals surface area contributed by atoms with Crippen LogP contribution in [0.25, 0.3) is 0 Å². The summed E-state index contributed by atoms with van der Waals surface area (Å²) in [6.07, 6.45) is 87.7. The van der Waals surface area contributed by atoms with E-state index in [9.17, 15) is 19.5 Å². The molecule has 0 rings (SSSR count). The van der Waals surface area contributed by atoms with Crippen LogP contribution in [0.2, 0.25) is 0 Å². The smallest absolute Gasteiger partial charge is 0.361 e. The Hall–Kier alpha value is -2.23. The van der Waals surface area contributed by atoms with Crippen LogP contribution in [0.15, 0.2) is 24.3 Å². The highest BCUT2D eigenvalue weighted by atomic mass is 16.7. The Morgan fingerprint density at radius 2 is 0.607 bits per heavy atom. The number of nitrogens with zero attached hydrogens (tertiary/aromatic N) is 1. The van der Waals surface area contributed by atoms with Gasteiger partial charge < -0.3 is 28.5 Å². The first-order valence-electron chi connectivity index (χ1n) is 39.5. The maximum atomic E-state index is 13.0. The number of carbonyl (C=O) groups is 3. The summed E-state index contributed by atoms with van der Waals surface area (Å²) >= 11 is 0. The van der Waals surface area contributed by atoms with Crippen molar-refractivity contribution in [2.24, 2.45) is 0 Å². The molecular formula is C80H154NO8+. The quantitative estimate of drug-likeness (QED) is 0.0211. The highest BCUT2D eigenvalue weighted by Crippen LogP contribution is 2.20. The van der Waals surface area contributed by atoms with Gasteiger partial charge in [-0.05, 0) is 44.9 Å². The molecule has 2 unspecified atom stereocenters. The van der Waals surface area contributed by atoms with Gasteiger partial charge in [0, 0.05) is 12.8 Å². The van der Waals surface area contributed by atoms with Crippen LogP contribution >= 0.6 is 0 Å². The first-order chi connectivity index (χ1) is 43.6. The molecule has 0 saturated heterocycles. The van der Waals surface area contributed by atoms with Crippen molar-refractivity contribution < 1.29 is 42.9 Å². The van der Waals surface area contributed by atoms with E-state index in [1.165, 1.54) is 340 Å². The first-order valence-corrected chi connectivity index (χ1v) is 39.5. The molecule has 0 fully saturated rings. The van der Waals surface area contributed by atoms with Gasteiger partial charge in [-0.2, -0.15) is 0 Å². The molecular weight excluding hydrogens is 1100 g/mol. The lowest BCUT2D eigenvalue weighted by Crippen LogP contribution is -2.40. The normalized spacial score (nSPS) is 12.7. The molecule has 0 aliphatic carbocycles. The lowest BCUT2D eigenvalue weighted by molar-refractivity contribution is -0.870. The zero-order chi connectivity index (χ0) is 64.7. The maximum absolute atomic E-state index is 13.0. The van der Waals surface area contributed by atoms with Gasteiger partial charge in [0.2, 0.25) is 0 Å². The predicted molar refractivity (Wildman–Crippen MR) is 383 cm³/mol. The summed E-state index contributed by atoms with van der Waals surface area (Å²) in [7, 11) is 6.00. The Labute approximate surface area is 554 Å². The summed E-state index contributed by atoms with van der Waals surface area (Å²) in [6, 6.07) is 0. The standard InChI is InChI=1S/C80H153NO8/c1-6-8-10-12-14-16-18-20-22-24-26-28-30-32-34-36-37-38-39-40-41-43-44-46-48-50-52-54-56-58-60-62-64-66-68-70-77(82)87-74-76(75-88-80(79(84)85)86-73-72-81(3,4)5)89-78(83)71-69-67-65-63-61-59-57-55-53-51-49-47-45-42-35-33-31-29-27-25-23-21-19-17-15-13-11-9-7-2/h19,21,25,27,76,80H,6-18,20,22-24,26,28-75H2,1-5H3/p+1/b21-19-,27-25-. The molecule has 0 aromatic rings. The molecule has 0 amide bonds. The van der Waals surface area contributed by atoms with E-state index < -0.39 is 18.4 Å². The van der Waals surface area contributed by atoms with Crippen molar-refractivity contribution >= 4 is 17.9 Å². The average molecular weight is 1260 g/mol. The van der Waals surface area contributed by atoms with Gasteiger partial charge in [-0.3, -0.25) is 9.59 Å². The lowest BCUT2D eigenvalue weighted by Gasteiger charge is -2.25. The third-order valence-electron chi connectivity index (χ3n) is 18.2. The van der Waals surface area contributed by atoms with Crippen LogP contribution in [-0.2, 0) is 33.3 Å². The molecule has 0 spiro atoms. The number of quaternary nitrogens is 1. The maximum Gasteiger partial charge on any atom is 0.361 e. The minimum Gasteiger partial charge on any atom is -0.477 e. The van der Waals surface area contributed by atoms with E-state index in [0.717, 1.165) is 44.9 Å². The van der Waals surface area contributed by atoms with Crippen molar-refractivity contribution in [3.8, 4) is 0 Å². The lowest BCUT2D eigenvalue weighted by atomic mass is 10.0. The molecule has 1 N–H and O–H groups in total. The molecule has 0 aromatic carbocycles. The second kappa shape index (κ2) is 71.6. The second-order valence-electron chi connectivity index (χ2n) is 28.4. The van der Waals surface area contributed by atoms with Crippen LogP contribution in [0.4, 0.5) is 0 Å². The van der Waals surface area contributed by atoms with E-state index in [2.05, 4.69) is 38.2 Å². The van der Waals surface area contributed by atoms with Crippen molar-refractivity contribution in [1.82, 2.24) is 0 Å². The number of hydrogen-bond acceptors (Lipinski definition) is 7. The topological polar surface area (TPSA) is 108 Å². The van der Waals surface area contributed by atoms with E-state index in [4.69, 9.17) is 18.9 Å². The van der Waals surface area contributed by atoms with E-state index in [1.54, 1.807) is 0 Å². The predicted octanol–water partition coefficient (Wildman–Crippen LogP) is 24.9. The zero-order valence-electron chi connectivity index (χ0n) is 60.4. The van der Waals surface area contributed by atoms with Crippen LogP contribution in [0.5, 0.6) is 0 Å². The molecule has 9 nitrogen and oxygen atoms in total. The van der Waals surface area contributed by atoms with Gasteiger partial charge in [-0.25, -0.2) is 4.79 Å². The SMILES string of the molecule is CCCCCCC/C=C\C/C=C\CCCCCCCCCCCCCCCCCCCC(=O)OC(COC(=O)CCCCCCCCCCCCCCCCCCCCCCCCCCCCCCCCCCCCC)COC(OCC[N+](C)(C)C)C(=O)O. The van der Waals surface area contributed by atoms with Crippen LogP contribution < -0.4 is 0 Å². The van der Waals surface area contributed by atoms with Crippen LogP contribution in [0.3, 0.4) is 0 Å². The molecule has 0 heterocycles. The van der Waals surface area contributed by atoms with E-state index in [0.29, 0.717) is 17.4 Å². The summed E-state index contributed by atoms with van der Waals surface area (Å²) in [6.45, 7) is 4.95. The zero-order valence-corrected chi connectivity index (χ0v) is 60.4. The van der Waals surface area contributed by atoms with Crippen molar-refractivity contribution in [2.45, 2.75) is 424 Å². The van der Waals surface area contributed by atoms with Crippen molar-refractivity contribution in [3.05, 3.63) is 24.3 Å². The monoisotopic (exact) mass is 1260 g/mol. The van der Waals surface area contributed by atoms with Crippen LogP contribution in [0, 0.1) is 0 Å². The molecule has 0 aliphatic rings. The molecule has 2 atom stereocenters. The number of esters is 2. The van der Waals surface area contributed by atoms with E-state index in [-0.39, 0.29) is 38.2 Å². The number of rotatable bonds is 75. The fourth-order valence-electron chi connectivity index (χ4n) is 12.2. The first kappa shape index (κ1) is 86.8. The average Bonchev–Trinajstić information content (AvgIpc) is 3.71. The number of hydrogen-bond donors (Lipinski definition) is 1. The van der Waals surface area contributed by atoms with Gasteiger partial charge in [0.15, 0.2) is 6.10 Å². The Morgan fingerprint density at radius 1 is 0.337 bits per heavy atom. The fourth-order valence-corrected chi connectivity index (χ4v) is 12.2. The molecule has 0 aliphatic heterocycles. The summed E-state index contributed by atoms with van der Waals surface area (Å²) in [5.41, 5.74) is 0. The molecule has 0 saturated carbocycles. The number of aliphatic carboxylic acids is 1. The summed E-state index contributed by atoms with van der Waals surface area (Å²) in [5.74, 6) is -1.97. The third kappa shape index (κ3) is 73.1. The molecule has 9 heteroatoms. The van der Waals surface area contributed by atoms with Gasteiger partial charge >= 0.3 is 17.9 Å². The fraction of sp³-hybridized carbons (Fsp3) is 0.912. The number of carbonyl (C=O) groups excluding carboxylic acids is 2. The van der Waals surface area contributed by atoms with Crippen molar-refractivity contribution in [1.29, 1.82) is 0 Å². The Balaban J connectivity index is 3.97. The minimum absolute atomic E-state index is 0.175. The Bertz CT molecular complexity index is 1510. The number of ether oxygens (including phenoxy) is 4. The molecule has 0 aromatic heterocycles. The highest BCUT2D eigenvalue weighted by molar-refractivity contribution is 5.71. The number of likely N-dealkylation sites (N-methyl/N-ethyl adjacent to an activating group) is 1. The molecule has 526 valence electrons. The van der Waals surface area contributed by atoms with Gasteiger partial charge in [0.25, 0.3) is 6.29 Å². The van der Waals surface area contributed by atoms with E-state index in [1.807, 2.05) is 21.1 Å². The number of carboxylic acid groups (broad SMARTS) is 1. The van der Waals surface area contributed by atoms with Crippen LogP contribution in [-0.4, -0.2) is 87.4 Å². The van der Waals surface area contributed by atoms with Crippen LogP contribution in [0.1, 0.15) is 412 Å². The molecule has 0 radical (unpaired) electrons. The van der Waals surface area contributed by atoms with Crippen molar-refractivity contribution in [3.63, 3.8) is 0 Å². The van der Waals surface area contributed by atoms with E-state index >= 15 is 0 Å². The third-order valence-corrected chi connectivity index (χ3v) is 18.2. The van der Waals surface area contributed by atoms with Gasteiger partial charge in [0.1, 0.15) is 13.2 Å². The number of unbranched alkanes of at least 4 members (excludes halogenated alkanes) is 56. The summed E-state index contributed by atoms with van der Waals surface area (Å²) < 4.78 is 23.1. The number of carboxylic acids is 1. The van der Waals surface area contributed by atoms with Crippen molar-refractivity contribution in [2.75, 3.05) is 47.5 Å². The molecule has 89 heavy (non-hydrogen) atoms. The Morgan fingerprint density at radius 3 is 0.888 bits per heavy atom. The minimum atomic E-state index is -1.51. The Kier molecular flexibility index (Phi) is 69.8. The van der Waals surface area contributed by atoms with Gasteiger partial charge in [0.05, 0.1) is 34.4 Å². The largest absolute Gasteiger partial charge is 0.477 e.